The van der Waals surface area contributed by atoms with Crippen molar-refractivity contribution in [2.45, 2.75) is 25.2 Å². The smallest absolute Gasteiger partial charge is 0.409 e. The van der Waals surface area contributed by atoms with Crippen LogP contribution in [0, 0.1) is 0 Å². The molecule has 24 heavy (non-hydrogen) atoms. The molecule has 1 aliphatic carbocycles. The normalized spacial score (nSPS) is 14.2. The maximum Gasteiger partial charge on any atom is 0.409 e. The maximum absolute atomic E-state index is 12.2. The van der Waals surface area contributed by atoms with Crippen LogP contribution < -0.4 is 0 Å². The number of carbonyl (C=O) groups excluding carboxylic acids is 1. The van der Waals surface area contributed by atoms with Gasteiger partial charge in [-0.3, -0.25) is 0 Å². The molecule has 126 valence electrons. The Kier molecular flexibility index (Phi) is 4.55. The van der Waals surface area contributed by atoms with Gasteiger partial charge in [-0.2, -0.15) is 0 Å². The highest BCUT2D eigenvalue weighted by Gasteiger charge is 2.30. The second kappa shape index (κ2) is 6.63. The Morgan fingerprint density at radius 2 is 1.58 bits per heavy atom. The third-order valence-electron chi connectivity index (χ3n) is 4.67. The number of aliphatic hydroxyl groups excluding tert-OH is 1. The Labute approximate surface area is 141 Å². The number of hydrogen-bond donors (Lipinski definition) is 2. The van der Waals surface area contributed by atoms with Crippen molar-refractivity contribution in [1.29, 1.82) is 0 Å². The van der Waals surface area contributed by atoms with E-state index in [2.05, 4.69) is 24.3 Å². The highest BCUT2D eigenvalue weighted by molar-refractivity contribution is 5.79. The summed E-state index contributed by atoms with van der Waals surface area (Å²) in [5.41, 5.74) is 4.62. The summed E-state index contributed by atoms with van der Waals surface area (Å²) >= 11 is 0. The van der Waals surface area contributed by atoms with Gasteiger partial charge in [0.25, 0.3) is 0 Å². The molecule has 2 aromatic rings. The Morgan fingerprint density at radius 3 is 2.08 bits per heavy atom. The molecule has 0 saturated carbocycles. The monoisotopic (exact) mass is 327 g/mol. The molecule has 1 aliphatic rings. The second-order valence-electron chi connectivity index (χ2n) is 6.07. The summed E-state index contributed by atoms with van der Waals surface area (Å²) < 4.78 is 5.44. The van der Waals surface area contributed by atoms with Crippen LogP contribution in [0.3, 0.4) is 0 Å². The largest absolute Gasteiger partial charge is 0.448 e. The van der Waals surface area contributed by atoms with Gasteiger partial charge in [-0.05, 0) is 29.2 Å². The number of hydrogen-bond acceptors (Lipinski definition) is 4. The summed E-state index contributed by atoms with van der Waals surface area (Å²) in [7, 11) is 1.49. The maximum atomic E-state index is 12.2. The minimum atomic E-state index is -1.60. The van der Waals surface area contributed by atoms with Crippen LogP contribution in [0.15, 0.2) is 48.5 Å². The number of carbonyl (C=O) groups is 1. The average molecular weight is 327 g/mol. The molecule has 3 rings (SSSR count). The van der Waals surface area contributed by atoms with Gasteiger partial charge in [0.05, 0.1) is 6.04 Å². The van der Waals surface area contributed by atoms with Gasteiger partial charge in [0.15, 0.2) is 6.29 Å². The van der Waals surface area contributed by atoms with Crippen molar-refractivity contribution in [3.63, 3.8) is 0 Å². The van der Waals surface area contributed by atoms with Gasteiger partial charge in [-0.1, -0.05) is 48.5 Å². The van der Waals surface area contributed by atoms with Gasteiger partial charge in [0.2, 0.25) is 0 Å². The highest BCUT2D eigenvalue weighted by Crippen LogP contribution is 2.44. The van der Waals surface area contributed by atoms with Crippen molar-refractivity contribution in [2.75, 3.05) is 13.7 Å². The predicted octanol–water partition coefficient (Wildman–Crippen LogP) is 2.57. The molecule has 0 fully saturated rings. The number of ether oxygens (including phenoxy) is 1. The lowest BCUT2D eigenvalue weighted by Gasteiger charge is -2.26. The summed E-state index contributed by atoms with van der Waals surface area (Å²) in [6.07, 6.45) is -2.17. The summed E-state index contributed by atoms with van der Waals surface area (Å²) in [6.45, 7) is 1.76. The van der Waals surface area contributed by atoms with E-state index < -0.39 is 18.4 Å². The Balaban J connectivity index is 1.77. The number of benzene rings is 2. The molecule has 0 spiro atoms. The van der Waals surface area contributed by atoms with E-state index in [0.717, 1.165) is 11.1 Å². The van der Waals surface area contributed by atoms with Crippen molar-refractivity contribution in [3.8, 4) is 11.1 Å². The van der Waals surface area contributed by atoms with Crippen LogP contribution in [0.25, 0.3) is 11.1 Å². The van der Waals surface area contributed by atoms with E-state index >= 15 is 0 Å². The van der Waals surface area contributed by atoms with E-state index in [0.29, 0.717) is 0 Å². The second-order valence-corrected chi connectivity index (χ2v) is 6.07. The summed E-state index contributed by atoms with van der Waals surface area (Å²) in [5, 5.41) is 18.4. The molecule has 0 saturated heterocycles. The molecule has 5 heteroatoms. The fourth-order valence-corrected chi connectivity index (χ4v) is 3.06. The summed E-state index contributed by atoms with van der Waals surface area (Å²) in [4.78, 5) is 13.3. The molecule has 0 radical (unpaired) electrons. The third kappa shape index (κ3) is 2.88. The molecular weight excluding hydrogens is 306 g/mol. The van der Waals surface area contributed by atoms with E-state index in [9.17, 15) is 15.0 Å². The van der Waals surface area contributed by atoms with Gasteiger partial charge < -0.3 is 19.8 Å². The first-order valence-corrected chi connectivity index (χ1v) is 7.94. The number of likely N-dealkylation sites (N-methyl/N-ethyl adjacent to an activating group) is 1. The lowest BCUT2D eigenvalue weighted by molar-refractivity contribution is -0.0866. The van der Waals surface area contributed by atoms with E-state index in [4.69, 9.17) is 4.74 Å². The Bertz CT molecular complexity index is 698. The molecule has 0 bridgehead atoms. The number of fused-ring (bicyclic) bond motifs is 3. The van der Waals surface area contributed by atoms with E-state index in [1.54, 1.807) is 6.92 Å². The van der Waals surface area contributed by atoms with Crippen molar-refractivity contribution in [2.24, 2.45) is 0 Å². The Hall–Kier alpha value is -2.37. The van der Waals surface area contributed by atoms with Crippen LogP contribution in [0.1, 0.15) is 24.0 Å². The van der Waals surface area contributed by atoms with Crippen molar-refractivity contribution >= 4 is 6.09 Å². The van der Waals surface area contributed by atoms with Crippen molar-refractivity contribution in [3.05, 3.63) is 59.7 Å². The van der Waals surface area contributed by atoms with Gasteiger partial charge in [-0.25, -0.2) is 4.79 Å². The zero-order valence-corrected chi connectivity index (χ0v) is 13.7. The highest BCUT2D eigenvalue weighted by atomic mass is 16.6. The van der Waals surface area contributed by atoms with Gasteiger partial charge in [0.1, 0.15) is 6.61 Å². The molecule has 0 heterocycles. The Morgan fingerprint density at radius 1 is 1.08 bits per heavy atom. The lowest BCUT2D eigenvalue weighted by Crippen LogP contribution is -2.43. The van der Waals surface area contributed by atoms with Gasteiger partial charge in [0, 0.05) is 13.0 Å². The van der Waals surface area contributed by atoms with Crippen molar-refractivity contribution in [1.82, 2.24) is 4.90 Å². The van der Waals surface area contributed by atoms with Gasteiger partial charge >= 0.3 is 6.09 Å². The first kappa shape index (κ1) is 16.5. The first-order valence-electron chi connectivity index (χ1n) is 7.94. The fourth-order valence-electron chi connectivity index (χ4n) is 3.06. The zero-order chi connectivity index (χ0) is 17.3. The topological polar surface area (TPSA) is 70.0 Å². The zero-order valence-electron chi connectivity index (χ0n) is 13.7. The molecular formula is C19H21NO4. The van der Waals surface area contributed by atoms with Crippen LogP contribution in [0.5, 0.6) is 0 Å². The third-order valence-corrected chi connectivity index (χ3v) is 4.67. The molecule has 2 aromatic carbocycles. The minimum absolute atomic E-state index is 0.0101. The minimum Gasteiger partial charge on any atom is -0.448 e. The molecule has 2 N–H and O–H groups in total. The van der Waals surface area contributed by atoms with E-state index in [1.807, 2.05) is 24.3 Å². The molecule has 1 unspecified atom stereocenters. The SMILES string of the molecule is CC(C(O)O)N(C)C(=O)OCC1c2ccccc2-c2ccccc21. The molecule has 1 amide bonds. The standard InChI is InChI=1S/C19H21NO4/c1-12(18(21)22)20(2)19(23)24-11-17-15-9-5-3-7-13(15)14-8-4-6-10-16(14)17/h3-10,12,17-18,21-22H,11H2,1-2H3. The van der Waals surface area contributed by atoms with Gasteiger partial charge in [-0.15, -0.1) is 0 Å². The molecule has 0 aromatic heterocycles. The summed E-state index contributed by atoms with van der Waals surface area (Å²) in [5.74, 6) is -0.0101. The molecule has 5 nitrogen and oxygen atoms in total. The molecule has 1 atom stereocenters. The van der Waals surface area contributed by atoms with Crippen LogP contribution in [0.2, 0.25) is 0 Å². The molecule has 0 aliphatic heterocycles. The van der Waals surface area contributed by atoms with E-state index in [-0.39, 0.29) is 12.5 Å². The number of nitrogens with zero attached hydrogens (tertiary/aromatic N) is 1. The van der Waals surface area contributed by atoms with Crippen LogP contribution in [0.4, 0.5) is 4.79 Å². The average Bonchev–Trinajstić information content (AvgIpc) is 2.92. The number of aliphatic hydroxyl groups is 2. The number of amides is 1. The van der Waals surface area contributed by atoms with E-state index in [1.165, 1.54) is 23.1 Å². The number of rotatable bonds is 4. The first-order chi connectivity index (χ1) is 11.5. The quantitative estimate of drug-likeness (QED) is 0.847. The summed E-state index contributed by atoms with van der Waals surface area (Å²) in [6, 6.07) is 15.5. The fraction of sp³-hybridized carbons (Fsp3) is 0.316. The van der Waals surface area contributed by atoms with Crippen LogP contribution in [-0.4, -0.2) is 47.2 Å². The lowest BCUT2D eigenvalue weighted by atomic mass is 9.98. The van der Waals surface area contributed by atoms with Crippen LogP contribution >= 0.6 is 0 Å². The van der Waals surface area contributed by atoms with Crippen molar-refractivity contribution < 1.29 is 19.7 Å². The predicted molar refractivity (Wildman–Crippen MR) is 90.5 cm³/mol. The van der Waals surface area contributed by atoms with Crippen LogP contribution in [-0.2, 0) is 4.74 Å².